The maximum absolute atomic E-state index is 11.5. The summed E-state index contributed by atoms with van der Waals surface area (Å²) in [5, 5.41) is 2.56. The van der Waals surface area contributed by atoms with Crippen molar-refractivity contribution in [1.29, 1.82) is 0 Å². The van der Waals surface area contributed by atoms with Crippen molar-refractivity contribution in [2.45, 2.75) is 4.90 Å². The molecule has 1 N–H and O–H groups in total. The van der Waals surface area contributed by atoms with E-state index in [0.717, 1.165) is 10.6 Å². The lowest BCUT2D eigenvalue weighted by atomic mass is 10.3. The Labute approximate surface area is 128 Å². The average Bonchev–Trinajstić information content (AvgIpc) is 2.51. The zero-order chi connectivity index (χ0) is 15.5. The Kier molecular flexibility index (Phi) is 8.30. The summed E-state index contributed by atoms with van der Waals surface area (Å²) in [4.78, 5) is 23.7. The van der Waals surface area contributed by atoms with E-state index in [4.69, 9.17) is 14.2 Å². The largest absolute Gasteiger partial charge is 0.497 e. The van der Waals surface area contributed by atoms with Crippen LogP contribution in [0, 0.1) is 0 Å². The molecule has 0 spiro atoms. The van der Waals surface area contributed by atoms with Crippen molar-refractivity contribution in [3.8, 4) is 5.75 Å². The lowest BCUT2D eigenvalue weighted by Gasteiger charge is -2.06. The first kappa shape index (κ1) is 17.3. The highest BCUT2D eigenvalue weighted by atomic mass is 32.2. The van der Waals surface area contributed by atoms with Crippen molar-refractivity contribution >= 4 is 23.6 Å². The number of carbonyl (C=O) groups is 2. The number of ether oxygens (including phenoxy) is 3. The van der Waals surface area contributed by atoms with E-state index in [1.165, 1.54) is 11.8 Å². The molecular formula is C14H19NO5S. The zero-order valence-corrected chi connectivity index (χ0v) is 12.9. The van der Waals surface area contributed by atoms with E-state index in [1.54, 1.807) is 14.2 Å². The number of rotatable bonds is 9. The summed E-state index contributed by atoms with van der Waals surface area (Å²) >= 11 is 1.34. The highest BCUT2D eigenvalue weighted by Crippen LogP contribution is 2.21. The topological polar surface area (TPSA) is 73.9 Å². The number of benzene rings is 1. The lowest BCUT2D eigenvalue weighted by molar-refractivity contribution is -0.145. The third kappa shape index (κ3) is 7.57. The molecule has 0 heterocycles. The predicted octanol–water partition coefficient (Wildman–Crippen LogP) is 1.09. The molecule has 0 bridgehead atoms. The van der Waals surface area contributed by atoms with Gasteiger partial charge in [-0.2, -0.15) is 0 Å². The third-order valence-electron chi connectivity index (χ3n) is 2.41. The van der Waals surface area contributed by atoms with E-state index in [1.807, 2.05) is 24.3 Å². The van der Waals surface area contributed by atoms with E-state index in [2.05, 4.69) is 5.32 Å². The highest BCUT2D eigenvalue weighted by Gasteiger charge is 2.08. The van der Waals surface area contributed by atoms with E-state index in [-0.39, 0.29) is 18.3 Å². The third-order valence-corrected chi connectivity index (χ3v) is 3.39. The fourth-order valence-corrected chi connectivity index (χ4v) is 2.04. The van der Waals surface area contributed by atoms with Gasteiger partial charge in [0, 0.05) is 18.6 Å². The first-order valence-corrected chi connectivity index (χ1v) is 7.32. The van der Waals surface area contributed by atoms with Crippen LogP contribution in [0.15, 0.2) is 29.2 Å². The standard InChI is InChI=1S/C14H19NO5S/c1-18-8-7-15-13(16)9-20-14(17)10-21-12-5-3-11(19-2)4-6-12/h3-6H,7-10H2,1-2H3,(H,15,16). The van der Waals surface area contributed by atoms with Crippen molar-refractivity contribution in [2.24, 2.45) is 0 Å². The molecule has 0 saturated heterocycles. The number of nitrogens with one attached hydrogen (secondary N) is 1. The molecule has 21 heavy (non-hydrogen) atoms. The minimum Gasteiger partial charge on any atom is -0.497 e. The van der Waals surface area contributed by atoms with Crippen LogP contribution in [-0.4, -0.2) is 51.6 Å². The molecule has 0 aliphatic heterocycles. The summed E-state index contributed by atoms with van der Waals surface area (Å²) in [5.74, 6) is 0.139. The van der Waals surface area contributed by atoms with Crippen LogP contribution in [0.1, 0.15) is 0 Å². The second-order valence-corrected chi connectivity index (χ2v) is 5.02. The SMILES string of the molecule is COCCNC(=O)COC(=O)CSc1ccc(OC)cc1. The van der Waals surface area contributed by atoms with Crippen LogP contribution >= 0.6 is 11.8 Å². The summed E-state index contributed by atoms with van der Waals surface area (Å²) in [6.45, 7) is 0.548. The predicted molar refractivity (Wildman–Crippen MR) is 79.6 cm³/mol. The molecule has 0 radical (unpaired) electrons. The quantitative estimate of drug-likeness (QED) is 0.418. The molecule has 0 fully saturated rings. The summed E-state index contributed by atoms with van der Waals surface area (Å²) in [6, 6.07) is 7.34. The Hall–Kier alpha value is -1.73. The van der Waals surface area contributed by atoms with Crippen molar-refractivity contribution in [3.63, 3.8) is 0 Å². The molecule has 116 valence electrons. The maximum Gasteiger partial charge on any atom is 0.316 e. The molecule has 1 aromatic carbocycles. The molecule has 0 atom stereocenters. The van der Waals surface area contributed by atoms with Gasteiger partial charge in [-0.3, -0.25) is 9.59 Å². The lowest BCUT2D eigenvalue weighted by Crippen LogP contribution is -2.31. The van der Waals surface area contributed by atoms with Crippen LogP contribution in [0.5, 0.6) is 5.75 Å². The Morgan fingerprint density at radius 3 is 2.52 bits per heavy atom. The molecule has 0 unspecified atom stereocenters. The number of carbonyl (C=O) groups excluding carboxylic acids is 2. The van der Waals surface area contributed by atoms with E-state index in [9.17, 15) is 9.59 Å². The van der Waals surface area contributed by atoms with Crippen molar-refractivity contribution in [2.75, 3.05) is 39.7 Å². The smallest absolute Gasteiger partial charge is 0.316 e. The Morgan fingerprint density at radius 2 is 1.90 bits per heavy atom. The Balaban J connectivity index is 2.19. The number of esters is 1. The molecule has 6 nitrogen and oxygen atoms in total. The Bertz CT molecular complexity index is 449. The van der Waals surface area contributed by atoms with Crippen LogP contribution in [0.4, 0.5) is 0 Å². The second-order valence-electron chi connectivity index (χ2n) is 3.97. The molecule has 0 saturated carbocycles. The maximum atomic E-state index is 11.5. The monoisotopic (exact) mass is 313 g/mol. The van der Waals surface area contributed by atoms with Gasteiger partial charge in [0.25, 0.3) is 5.91 Å². The number of amides is 1. The van der Waals surface area contributed by atoms with Crippen LogP contribution in [0.3, 0.4) is 0 Å². The van der Waals surface area contributed by atoms with Gasteiger partial charge in [0.1, 0.15) is 5.75 Å². The average molecular weight is 313 g/mol. The van der Waals surface area contributed by atoms with Gasteiger partial charge in [-0.1, -0.05) is 0 Å². The van der Waals surface area contributed by atoms with E-state index in [0.29, 0.717) is 13.2 Å². The number of methoxy groups -OCH3 is 2. The van der Waals surface area contributed by atoms with Gasteiger partial charge < -0.3 is 19.5 Å². The van der Waals surface area contributed by atoms with Gasteiger partial charge in [-0.05, 0) is 24.3 Å². The van der Waals surface area contributed by atoms with Crippen LogP contribution in [0.2, 0.25) is 0 Å². The normalized spacial score (nSPS) is 10.0. The fourth-order valence-electron chi connectivity index (χ4n) is 1.35. The molecule has 0 aliphatic rings. The molecule has 1 rings (SSSR count). The van der Waals surface area contributed by atoms with Crippen molar-refractivity contribution in [3.05, 3.63) is 24.3 Å². The minimum absolute atomic E-state index is 0.150. The van der Waals surface area contributed by atoms with Crippen LogP contribution in [-0.2, 0) is 19.1 Å². The van der Waals surface area contributed by atoms with Crippen LogP contribution < -0.4 is 10.1 Å². The fraction of sp³-hybridized carbons (Fsp3) is 0.429. The number of hydrogen-bond acceptors (Lipinski definition) is 6. The van der Waals surface area contributed by atoms with Gasteiger partial charge in [-0.25, -0.2) is 0 Å². The van der Waals surface area contributed by atoms with Gasteiger partial charge in [-0.15, -0.1) is 11.8 Å². The van der Waals surface area contributed by atoms with Gasteiger partial charge in [0.2, 0.25) is 0 Å². The molecule has 1 amide bonds. The first-order valence-electron chi connectivity index (χ1n) is 6.34. The summed E-state index contributed by atoms with van der Waals surface area (Å²) in [5.41, 5.74) is 0. The van der Waals surface area contributed by atoms with Gasteiger partial charge in [0.05, 0.1) is 19.5 Å². The van der Waals surface area contributed by atoms with Crippen LogP contribution in [0.25, 0.3) is 0 Å². The summed E-state index contributed by atoms with van der Waals surface area (Å²) in [6.07, 6.45) is 0. The van der Waals surface area contributed by atoms with Crippen molar-refractivity contribution < 1.29 is 23.8 Å². The molecule has 7 heteroatoms. The highest BCUT2D eigenvalue weighted by molar-refractivity contribution is 8.00. The van der Waals surface area contributed by atoms with E-state index < -0.39 is 5.97 Å². The number of thioether (sulfide) groups is 1. The zero-order valence-electron chi connectivity index (χ0n) is 12.1. The van der Waals surface area contributed by atoms with Gasteiger partial charge in [0.15, 0.2) is 6.61 Å². The van der Waals surface area contributed by atoms with E-state index >= 15 is 0 Å². The molecule has 1 aromatic rings. The summed E-state index contributed by atoms with van der Waals surface area (Å²) in [7, 11) is 3.14. The van der Waals surface area contributed by atoms with Gasteiger partial charge >= 0.3 is 5.97 Å². The summed E-state index contributed by atoms with van der Waals surface area (Å²) < 4.78 is 14.7. The Morgan fingerprint density at radius 1 is 1.19 bits per heavy atom. The first-order chi connectivity index (χ1) is 10.2. The molecule has 0 aromatic heterocycles. The molecule has 0 aliphatic carbocycles. The van der Waals surface area contributed by atoms with Crippen molar-refractivity contribution in [1.82, 2.24) is 5.32 Å². The minimum atomic E-state index is -0.433. The second kappa shape index (κ2) is 10.1. The molecular weight excluding hydrogens is 294 g/mol. The number of hydrogen-bond donors (Lipinski definition) is 1.